The van der Waals surface area contributed by atoms with Crippen LogP contribution >= 0.6 is 11.6 Å². The van der Waals surface area contributed by atoms with E-state index in [1.54, 1.807) is 0 Å². The molecule has 11 nitrogen and oxygen atoms in total. The fourth-order valence-electron chi connectivity index (χ4n) is 2.68. The summed E-state index contributed by atoms with van der Waals surface area (Å²) in [6.45, 7) is 5.48. The minimum atomic E-state index is -3.58. The molecule has 2 aromatic rings. The first-order valence-electron chi connectivity index (χ1n) is 9.36. The average Bonchev–Trinajstić information content (AvgIpc) is 2.72. The van der Waals surface area contributed by atoms with Crippen molar-refractivity contribution in [3.63, 3.8) is 0 Å². The third-order valence-electron chi connectivity index (χ3n) is 4.31. The molecule has 0 aliphatic carbocycles. The highest BCUT2D eigenvalue weighted by atomic mass is 35.5. The fourth-order valence-corrected chi connectivity index (χ4v) is 3.49. The lowest BCUT2D eigenvalue weighted by Gasteiger charge is -2.19. The van der Waals surface area contributed by atoms with Gasteiger partial charge in [0.1, 0.15) is 5.69 Å². The van der Waals surface area contributed by atoms with Gasteiger partial charge >= 0.3 is 0 Å². The van der Waals surface area contributed by atoms with Crippen molar-refractivity contribution in [2.24, 2.45) is 0 Å². The molecule has 1 heterocycles. The van der Waals surface area contributed by atoms with Crippen LogP contribution in [0.25, 0.3) is 0 Å². The molecule has 0 saturated carbocycles. The van der Waals surface area contributed by atoms with Crippen LogP contribution in [0.2, 0.25) is 5.02 Å². The Morgan fingerprint density at radius 3 is 2.52 bits per heavy atom. The number of nitrogens with one attached hydrogen (secondary N) is 2. The molecule has 1 aromatic carbocycles. The predicted molar refractivity (Wildman–Crippen MR) is 118 cm³/mol. The van der Waals surface area contributed by atoms with Crippen LogP contribution in [-0.4, -0.2) is 61.7 Å². The molecular weight excluding hydrogens is 448 g/mol. The summed E-state index contributed by atoms with van der Waals surface area (Å²) in [5, 5.41) is 16.8. The Hall–Kier alpha value is -2.99. The Morgan fingerprint density at radius 1 is 1.26 bits per heavy atom. The number of amides is 1. The maximum Gasteiger partial charge on any atom is 0.293 e. The van der Waals surface area contributed by atoms with Crippen molar-refractivity contribution in [3.8, 4) is 0 Å². The van der Waals surface area contributed by atoms with E-state index in [1.165, 1.54) is 18.3 Å². The number of carbonyl (C=O) groups is 1. The number of nitrogens with zero attached hydrogens (tertiary/aromatic N) is 4. The van der Waals surface area contributed by atoms with Crippen molar-refractivity contribution < 1.29 is 18.1 Å². The van der Waals surface area contributed by atoms with Gasteiger partial charge in [0.05, 0.1) is 21.0 Å². The van der Waals surface area contributed by atoms with Gasteiger partial charge in [0.15, 0.2) is 15.5 Å². The Kier molecular flexibility index (Phi) is 8.11. The zero-order valence-corrected chi connectivity index (χ0v) is 18.8. The topological polar surface area (TPSA) is 147 Å². The fraction of sp³-hybridized carbons (Fsp3) is 0.389. The Morgan fingerprint density at radius 2 is 1.94 bits per heavy atom. The molecule has 2 N–H and O–H groups in total. The molecule has 2 rings (SSSR count). The number of hydrogen-bond acceptors (Lipinski definition) is 9. The lowest BCUT2D eigenvalue weighted by molar-refractivity contribution is -0.384. The average molecular weight is 471 g/mol. The zero-order valence-electron chi connectivity index (χ0n) is 17.3. The van der Waals surface area contributed by atoms with Gasteiger partial charge in [-0.05, 0) is 26.0 Å². The van der Waals surface area contributed by atoms with Crippen LogP contribution in [0.4, 0.5) is 17.3 Å². The van der Waals surface area contributed by atoms with Gasteiger partial charge in [-0.1, -0.05) is 11.6 Å². The van der Waals surface area contributed by atoms with E-state index in [2.05, 4.69) is 20.6 Å². The summed E-state index contributed by atoms with van der Waals surface area (Å²) >= 11 is 6.05. The normalized spacial score (nSPS) is 11.1. The maximum atomic E-state index is 12.5. The van der Waals surface area contributed by atoms with Gasteiger partial charge in [-0.15, -0.1) is 0 Å². The molecule has 0 radical (unpaired) electrons. The molecule has 0 bridgehead atoms. The number of halogens is 1. The monoisotopic (exact) mass is 470 g/mol. The lowest BCUT2D eigenvalue weighted by Crippen LogP contribution is -2.31. The van der Waals surface area contributed by atoms with Crippen molar-refractivity contribution in [2.75, 3.05) is 42.7 Å². The molecule has 1 aromatic heterocycles. The van der Waals surface area contributed by atoms with Gasteiger partial charge in [0, 0.05) is 38.5 Å². The summed E-state index contributed by atoms with van der Waals surface area (Å²) < 4.78 is 23.2. The summed E-state index contributed by atoms with van der Waals surface area (Å²) in [6.07, 6.45) is 2.33. The Labute approximate surface area is 184 Å². The summed E-state index contributed by atoms with van der Waals surface area (Å²) in [5.41, 5.74) is -0.213. The highest BCUT2D eigenvalue weighted by molar-refractivity contribution is 7.90. The van der Waals surface area contributed by atoms with Gasteiger partial charge < -0.3 is 15.5 Å². The third kappa shape index (κ3) is 6.25. The number of rotatable bonds is 10. The molecule has 168 valence electrons. The van der Waals surface area contributed by atoms with E-state index >= 15 is 0 Å². The first-order chi connectivity index (χ1) is 14.6. The standard InChI is InChI=1S/C18H23ClN6O5S/c1-4-24(5-2)18-22-11-13(19)16(23-18)17(26)21-9-8-20-14-7-6-12(31(3,29)30)10-15(14)25(27)28/h6-7,10-11,20H,4-5,8-9H2,1-3H3,(H,21,26). The minimum absolute atomic E-state index is 0.0297. The van der Waals surface area contributed by atoms with Crippen LogP contribution in [0.5, 0.6) is 0 Å². The number of carbonyl (C=O) groups excluding carboxylic acids is 1. The van der Waals surface area contributed by atoms with Crippen LogP contribution < -0.4 is 15.5 Å². The van der Waals surface area contributed by atoms with E-state index in [0.717, 1.165) is 12.3 Å². The van der Waals surface area contributed by atoms with Crippen LogP contribution in [0.1, 0.15) is 24.3 Å². The Bertz CT molecular complexity index is 1080. The molecule has 31 heavy (non-hydrogen) atoms. The summed E-state index contributed by atoms with van der Waals surface area (Å²) in [4.78, 5) is 33.1. The molecule has 1 amide bonds. The predicted octanol–water partition coefficient (Wildman–Crippen LogP) is 2.13. The third-order valence-corrected chi connectivity index (χ3v) is 5.70. The SMILES string of the molecule is CCN(CC)c1ncc(Cl)c(C(=O)NCCNc2ccc(S(C)(=O)=O)cc2[N+](=O)[O-])n1. The highest BCUT2D eigenvalue weighted by Gasteiger charge is 2.19. The van der Waals surface area contributed by atoms with Crippen LogP contribution in [-0.2, 0) is 9.84 Å². The van der Waals surface area contributed by atoms with Crippen molar-refractivity contribution in [3.05, 3.63) is 45.2 Å². The van der Waals surface area contributed by atoms with Crippen LogP contribution in [0.15, 0.2) is 29.3 Å². The molecule has 0 spiro atoms. The second-order valence-electron chi connectivity index (χ2n) is 6.43. The smallest absolute Gasteiger partial charge is 0.293 e. The first-order valence-corrected chi connectivity index (χ1v) is 11.6. The van der Waals surface area contributed by atoms with E-state index < -0.39 is 20.7 Å². The van der Waals surface area contributed by atoms with Crippen molar-refractivity contribution in [1.29, 1.82) is 0 Å². The van der Waals surface area contributed by atoms with E-state index in [0.29, 0.717) is 19.0 Å². The quantitative estimate of drug-likeness (QED) is 0.302. The van der Waals surface area contributed by atoms with E-state index in [4.69, 9.17) is 11.6 Å². The number of nitro benzene ring substituents is 1. The lowest BCUT2D eigenvalue weighted by atomic mass is 10.2. The van der Waals surface area contributed by atoms with Crippen molar-refractivity contribution >= 4 is 44.7 Å². The zero-order chi connectivity index (χ0) is 23.2. The van der Waals surface area contributed by atoms with E-state index in [-0.39, 0.29) is 40.1 Å². The van der Waals surface area contributed by atoms with Crippen molar-refractivity contribution in [1.82, 2.24) is 15.3 Å². The first kappa shape index (κ1) is 24.3. The van der Waals surface area contributed by atoms with Gasteiger partial charge in [0.2, 0.25) is 5.95 Å². The summed E-state index contributed by atoms with van der Waals surface area (Å²) in [6, 6.07) is 3.58. The number of benzene rings is 1. The van der Waals surface area contributed by atoms with Gasteiger partial charge in [-0.2, -0.15) is 0 Å². The molecule has 0 fully saturated rings. The van der Waals surface area contributed by atoms with Gasteiger partial charge in [-0.3, -0.25) is 14.9 Å². The van der Waals surface area contributed by atoms with Gasteiger partial charge in [0.25, 0.3) is 11.6 Å². The van der Waals surface area contributed by atoms with E-state index in [9.17, 15) is 23.3 Å². The molecule has 13 heteroatoms. The maximum absolute atomic E-state index is 12.5. The van der Waals surface area contributed by atoms with Crippen molar-refractivity contribution in [2.45, 2.75) is 18.7 Å². The van der Waals surface area contributed by atoms with Gasteiger partial charge in [-0.25, -0.2) is 18.4 Å². The summed E-state index contributed by atoms with van der Waals surface area (Å²) in [5.74, 6) is -0.121. The largest absolute Gasteiger partial charge is 0.378 e. The number of aromatic nitrogens is 2. The number of hydrogen-bond donors (Lipinski definition) is 2. The molecule has 0 unspecified atom stereocenters. The van der Waals surface area contributed by atoms with E-state index in [1.807, 2.05) is 18.7 Å². The van der Waals surface area contributed by atoms with Crippen LogP contribution in [0.3, 0.4) is 0 Å². The number of sulfone groups is 1. The number of anilines is 2. The number of nitro groups is 1. The van der Waals surface area contributed by atoms with Crippen LogP contribution in [0, 0.1) is 10.1 Å². The molecule has 0 atom stereocenters. The second-order valence-corrected chi connectivity index (χ2v) is 8.85. The summed E-state index contributed by atoms with van der Waals surface area (Å²) in [7, 11) is -3.58. The highest BCUT2D eigenvalue weighted by Crippen LogP contribution is 2.27. The molecule has 0 aliphatic heterocycles. The molecule has 0 aliphatic rings. The second kappa shape index (κ2) is 10.4. The molecular formula is C18H23ClN6O5S. The Balaban J connectivity index is 2.04. The minimum Gasteiger partial charge on any atom is -0.378 e. The molecule has 0 saturated heterocycles.